The molecule has 1 fully saturated rings. The lowest BCUT2D eigenvalue weighted by atomic mass is 9.81. The van der Waals surface area contributed by atoms with E-state index in [9.17, 15) is 0 Å². The normalized spacial score (nSPS) is 24.5. The Morgan fingerprint density at radius 2 is 1.81 bits per heavy atom. The number of nitrogens with zero attached hydrogens (tertiary/aromatic N) is 2. The molecular formula is C19H32N2. The summed E-state index contributed by atoms with van der Waals surface area (Å²) < 4.78 is 0. The van der Waals surface area contributed by atoms with Crippen molar-refractivity contribution in [1.82, 2.24) is 9.80 Å². The number of rotatable bonds is 4. The van der Waals surface area contributed by atoms with E-state index in [1.165, 1.54) is 44.3 Å². The summed E-state index contributed by atoms with van der Waals surface area (Å²) in [6, 6.07) is 10.9. The molecule has 0 unspecified atom stereocenters. The number of hydrogen-bond acceptors (Lipinski definition) is 2. The Hall–Kier alpha value is -0.860. The van der Waals surface area contributed by atoms with Crippen LogP contribution in [0.3, 0.4) is 0 Å². The molecule has 1 aliphatic heterocycles. The molecule has 1 aromatic carbocycles. The molecule has 2 nitrogen and oxygen atoms in total. The topological polar surface area (TPSA) is 6.48 Å². The highest BCUT2D eigenvalue weighted by Gasteiger charge is 2.39. The molecule has 1 atom stereocenters. The summed E-state index contributed by atoms with van der Waals surface area (Å²) in [5.74, 6) is 0. The molecule has 0 amide bonds. The van der Waals surface area contributed by atoms with Gasteiger partial charge in [-0.15, -0.1) is 0 Å². The lowest BCUT2D eigenvalue weighted by Gasteiger charge is -2.51. The van der Waals surface area contributed by atoms with Crippen LogP contribution >= 0.6 is 0 Å². The maximum Gasteiger partial charge on any atom is 0.0334 e. The Bertz CT molecular complexity index is 433. The average Bonchev–Trinajstić information content (AvgIpc) is 2.45. The smallest absolute Gasteiger partial charge is 0.0334 e. The summed E-state index contributed by atoms with van der Waals surface area (Å²) in [6.45, 7) is 9.46. The van der Waals surface area contributed by atoms with Crippen LogP contribution in [0.25, 0.3) is 0 Å². The molecule has 1 aliphatic rings. The third-order valence-corrected chi connectivity index (χ3v) is 5.17. The predicted molar refractivity (Wildman–Crippen MR) is 91.7 cm³/mol. The van der Waals surface area contributed by atoms with Crippen molar-refractivity contribution in [3.63, 3.8) is 0 Å². The Labute approximate surface area is 131 Å². The van der Waals surface area contributed by atoms with Crippen LogP contribution in [0.5, 0.6) is 0 Å². The van der Waals surface area contributed by atoms with E-state index in [-0.39, 0.29) is 5.54 Å². The minimum Gasteiger partial charge on any atom is -0.302 e. The minimum atomic E-state index is 0.272. The van der Waals surface area contributed by atoms with Crippen LogP contribution in [0.4, 0.5) is 0 Å². The Balaban J connectivity index is 2.09. The van der Waals surface area contributed by atoms with Gasteiger partial charge in [-0.1, -0.05) is 30.3 Å². The van der Waals surface area contributed by atoms with Gasteiger partial charge in [0.1, 0.15) is 0 Å². The molecule has 0 aliphatic carbocycles. The summed E-state index contributed by atoms with van der Waals surface area (Å²) in [4.78, 5) is 5.15. The van der Waals surface area contributed by atoms with Crippen LogP contribution in [0.1, 0.15) is 45.6 Å². The van der Waals surface area contributed by atoms with E-state index in [1.807, 2.05) is 0 Å². The SMILES string of the molecule is CN(C)[C@@]1(CCc2ccccc2)CCCN(C(C)(C)C)C1. The molecule has 2 rings (SSSR count). The first-order chi connectivity index (χ1) is 9.83. The quantitative estimate of drug-likeness (QED) is 0.831. The molecule has 0 bridgehead atoms. The maximum atomic E-state index is 2.67. The highest BCUT2D eigenvalue weighted by Crippen LogP contribution is 2.33. The van der Waals surface area contributed by atoms with Gasteiger partial charge in [-0.2, -0.15) is 0 Å². The van der Waals surface area contributed by atoms with Gasteiger partial charge in [0, 0.05) is 17.6 Å². The van der Waals surface area contributed by atoms with Gasteiger partial charge in [0.05, 0.1) is 0 Å². The van der Waals surface area contributed by atoms with E-state index < -0.39 is 0 Å². The highest BCUT2D eigenvalue weighted by molar-refractivity contribution is 5.15. The second-order valence-corrected chi connectivity index (χ2v) is 7.80. The van der Waals surface area contributed by atoms with Crippen LogP contribution in [-0.4, -0.2) is 48.1 Å². The van der Waals surface area contributed by atoms with Crippen molar-refractivity contribution in [2.24, 2.45) is 0 Å². The third-order valence-electron chi connectivity index (χ3n) is 5.17. The van der Waals surface area contributed by atoms with Crippen LogP contribution in [0, 0.1) is 0 Å². The van der Waals surface area contributed by atoms with Gasteiger partial charge in [-0.25, -0.2) is 0 Å². The van der Waals surface area contributed by atoms with Crippen LogP contribution in [0.15, 0.2) is 30.3 Å². The van der Waals surface area contributed by atoms with Crippen molar-refractivity contribution in [3.8, 4) is 0 Å². The summed E-state index contributed by atoms with van der Waals surface area (Å²) >= 11 is 0. The summed E-state index contributed by atoms with van der Waals surface area (Å²) in [5, 5.41) is 0. The zero-order chi connectivity index (χ0) is 15.5. The van der Waals surface area contributed by atoms with Crippen LogP contribution in [-0.2, 0) is 6.42 Å². The van der Waals surface area contributed by atoms with Crippen LogP contribution in [0.2, 0.25) is 0 Å². The van der Waals surface area contributed by atoms with Crippen molar-refractivity contribution in [2.45, 2.75) is 57.5 Å². The molecule has 2 heteroatoms. The molecular weight excluding hydrogens is 256 g/mol. The Kier molecular flexibility index (Phi) is 5.11. The van der Waals surface area contributed by atoms with Crippen molar-refractivity contribution < 1.29 is 0 Å². The molecule has 1 heterocycles. The standard InChI is InChI=1S/C19H32N2/c1-18(2,3)21-15-9-13-19(16-21,20(4)5)14-12-17-10-7-6-8-11-17/h6-8,10-11H,9,12-16H2,1-5H3/t19-/m1/s1. The van der Waals surface area contributed by atoms with E-state index in [1.54, 1.807) is 0 Å². The second-order valence-electron chi connectivity index (χ2n) is 7.80. The fourth-order valence-corrected chi connectivity index (χ4v) is 3.50. The Morgan fingerprint density at radius 1 is 1.14 bits per heavy atom. The van der Waals surface area contributed by atoms with E-state index >= 15 is 0 Å². The maximum absolute atomic E-state index is 2.67. The minimum absolute atomic E-state index is 0.272. The van der Waals surface area contributed by atoms with E-state index in [0.717, 1.165) is 0 Å². The zero-order valence-corrected chi connectivity index (χ0v) is 14.5. The molecule has 1 aromatic rings. The molecule has 1 saturated heterocycles. The second kappa shape index (κ2) is 6.50. The van der Waals surface area contributed by atoms with Gasteiger partial charge in [0.15, 0.2) is 0 Å². The monoisotopic (exact) mass is 288 g/mol. The average molecular weight is 288 g/mol. The van der Waals surface area contributed by atoms with Crippen molar-refractivity contribution in [1.29, 1.82) is 0 Å². The number of benzene rings is 1. The van der Waals surface area contributed by atoms with Gasteiger partial charge in [0.25, 0.3) is 0 Å². The zero-order valence-electron chi connectivity index (χ0n) is 14.5. The fourth-order valence-electron chi connectivity index (χ4n) is 3.50. The van der Waals surface area contributed by atoms with E-state index in [2.05, 4.69) is 75.0 Å². The third kappa shape index (κ3) is 4.08. The number of piperidine rings is 1. The van der Waals surface area contributed by atoms with Crippen LogP contribution < -0.4 is 0 Å². The highest BCUT2D eigenvalue weighted by atomic mass is 15.3. The first-order valence-corrected chi connectivity index (χ1v) is 8.30. The van der Waals surface area contributed by atoms with Gasteiger partial charge in [0.2, 0.25) is 0 Å². The van der Waals surface area contributed by atoms with E-state index in [0.29, 0.717) is 5.54 Å². The van der Waals surface area contributed by atoms with Gasteiger partial charge < -0.3 is 4.90 Å². The van der Waals surface area contributed by atoms with Gasteiger partial charge in [-0.05, 0) is 72.7 Å². The van der Waals surface area contributed by atoms with E-state index in [4.69, 9.17) is 0 Å². The van der Waals surface area contributed by atoms with Crippen molar-refractivity contribution >= 4 is 0 Å². The molecule has 0 N–H and O–H groups in total. The lowest BCUT2D eigenvalue weighted by Crippen LogP contribution is -2.60. The molecule has 0 radical (unpaired) electrons. The van der Waals surface area contributed by atoms with Crippen molar-refractivity contribution in [2.75, 3.05) is 27.2 Å². The number of hydrogen-bond donors (Lipinski definition) is 0. The van der Waals surface area contributed by atoms with Crippen molar-refractivity contribution in [3.05, 3.63) is 35.9 Å². The molecule has 0 aromatic heterocycles. The first-order valence-electron chi connectivity index (χ1n) is 8.30. The number of aryl methyl sites for hydroxylation is 1. The summed E-state index contributed by atoms with van der Waals surface area (Å²) in [5.41, 5.74) is 2.06. The van der Waals surface area contributed by atoms with Gasteiger partial charge in [-0.3, -0.25) is 4.90 Å². The molecule has 0 saturated carbocycles. The molecule has 0 spiro atoms. The molecule has 118 valence electrons. The largest absolute Gasteiger partial charge is 0.302 e. The molecule has 21 heavy (non-hydrogen) atoms. The summed E-state index contributed by atoms with van der Waals surface area (Å²) in [7, 11) is 4.52. The predicted octanol–water partition coefficient (Wildman–Crippen LogP) is 3.81. The lowest BCUT2D eigenvalue weighted by molar-refractivity contribution is -0.00392. The Morgan fingerprint density at radius 3 is 2.38 bits per heavy atom. The summed E-state index contributed by atoms with van der Waals surface area (Å²) in [6.07, 6.45) is 5.05. The number of likely N-dealkylation sites (tertiary alicyclic amines) is 1. The number of likely N-dealkylation sites (N-methyl/N-ethyl adjacent to an activating group) is 1. The fraction of sp³-hybridized carbons (Fsp3) is 0.684. The first kappa shape index (κ1) is 16.5. The van der Waals surface area contributed by atoms with Gasteiger partial charge >= 0.3 is 0 Å².